The first-order valence-electron chi connectivity index (χ1n) is 7.87. The van der Waals surface area contributed by atoms with Crippen LogP contribution < -0.4 is 5.32 Å². The molecule has 0 radical (unpaired) electrons. The van der Waals surface area contributed by atoms with E-state index in [1.807, 2.05) is 6.92 Å². The summed E-state index contributed by atoms with van der Waals surface area (Å²) in [6.07, 6.45) is 2.34. The number of hydrogen-bond acceptors (Lipinski definition) is 3. The maximum atomic E-state index is 12.5. The first-order valence-corrected chi connectivity index (χ1v) is 7.87. The lowest BCUT2D eigenvalue weighted by Crippen LogP contribution is -2.57. The molecule has 0 saturated carbocycles. The van der Waals surface area contributed by atoms with Crippen molar-refractivity contribution in [2.75, 3.05) is 26.7 Å². The molecule has 0 aromatic rings. The van der Waals surface area contributed by atoms with Gasteiger partial charge in [-0.05, 0) is 44.7 Å². The van der Waals surface area contributed by atoms with E-state index in [9.17, 15) is 14.7 Å². The molecule has 4 unspecified atom stereocenters. The van der Waals surface area contributed by atoms with Gasteiger partial charge in [0.25, 0.3) is 0 Å². The second-order valence-electron chi connectivity index (χ2n) is 6.76. The SMILES string of the molecule is CC1CCN(C(=O)NC2CCN(C)CC2C)C(C(=O)O)C1. The number of nitrogens with one attached hydrogen (secondary N) is 1. The summed E-state index contributed by atoms with van der Waals surface area (Å²) in [5.74, 6) is -0.148. The number of nitrogens with zero attached hydrogens (tertiary/aromatic N) is 2. The Morgan fingerprint density at radius 1 is 1.19 bits per heavy atom. The van der Waals surface area contributed by atoms with Crippen molar-refractivity contribution >= 4 is 12.0 Å². The van der Waals surface area contributed by atoms with Crippen LogP contribution in [0.4, 0.5) is 4.79 Å². The normalized spacial score (nSPS) is 34.5. The van der Waals surface area contributed by atoms with Crippen LogP contribution in [0, 0.1) is 11.8 Å². The Morgan fingerprint density at radius 3 is 2.52 bits per heavy atom. The molecular weight excluding hydrogens is 270 g/mol. The van der Waals surface area contributed by atoms with E-state index in [2.05, 4.69) is 24.2 Å². The van der Waals surface area contributed by atoms with Gasteiger partial charge in [-0.2, -0.15) is 0 Å². The topological polar surface area (TPSA) is 72.9 Å². The summed E-state index contributed by atoms with van der Waals surface area (Å²) in [7, 11) is 2.08. The van der Waals surface area contributed by atoms with Crippen molar-refractivity contribution in [3.05, 3.63) is 0 Å². The lowest BCUT2D eigenvalue weighted by molar-refractivity contribution is -0.143. The minimum atomic E-state index is -0.895. The van der Waals surface area contributed by atoms with Gasteiger partial charge in [0.05, 0.1) is 0 Å². The smallest absolute Gasteiger partial charge is 0.326 e. The fourth-order valence-corrected chi connectivity index (χ4v) is 3.43. The van der Waals surface area contributed by atoms with Crippen LogP contribution in [0.25, 0.3) is 0 Å². The average Bonchev–Trinajstić information content (AvgIpc) is 2.41. The predicted octanol–water partition coefficient (Wildman–Crippen LogP) is 1.22. The Bertz CT molecular complexity index is 402. The van der Waals surface area contributed by atoms with E-state index in [0.717, 1.165) is 25.9 Å². The van der Waals surface area contributed by atoms with Crippen LogP contribution >= 0.6 is 0 Å². The number of hydrogen-bond donors (Lipinski definition) is 2. The molecule has 2 N–H and O–H groups in total. The summed E-state index contributed by atoms with van der Waals surface area (Å²) in [5, 5.41) is 12.4. The molecule has 2 amide bonds. The molecule has 2 aliphatic rings. The molecule has 21 heavy (non-hydrogen) atoms. The van der Waals surface area contributed by atoms with Crippen molar-refractivity contribution in [2.24, 2.45) is 11.8 Å². The third kappa shape index (κ3) is 3.87. The van der Waals surface area contributed by atoms with Gasteiger partial charge >= 0.3 is 12.0 Å². The highest BCUT2D eigenvalue weighted by Crippen LogP contribution is 2.23. The second kappa shape index (κ2) is 6.64. The van der Waals surface area contributed by atoms with Gasteiger partial charge in [-0.25, -0.2) is 9.59 Å². The quantitative estimate of drug-likeness (QED) is 0.804. The van der Waals surface area contributed by atoms with Crippen LogP contribution in [0.15, 0.2) is 0 Å². The molecule has 0 aromatic carbocycles. The Morgan fingerprint density at radius 2 is 1.90 bits per heavy atom. The van der Waals surface area contributed by atoms with Crippen molar-refractivity contribution in [1.82, 2.24) is 15.1 Å². The molecule has 2 fully saturated rings. The Hall–Kier alpha value is -1.30. The van der Waals surface area contributed by atoms with Gasteiger partial charge in [-0.3, -0.25) is 0 Å². The van der Waals surface area contributed by atoms with E-state index in [4.69, 9.17) is 0 Å². The minimum Gasteiger partial charge on any atom is -0.480 e. The Balaban J connectivity index is 1.96. The average molecular weight is 297 g/mol. The zero-order valence-electron chi connectivity index (χ0n) is 13.2. The number of carbonyl (C=O) groups excluding carboxylic acids is 1. The van der Waals surface area contributed by atoms with E-state index < -0.39 is 12.0 Å². The molecule has 0 aliphatic carbocycles. The lowest BCUT2D eigenvalue weighted by Gasteiger charge is -2.39. The monoisotopic (exact) mass is 297 g/mol. The number of carbonyl (C=O) groups is 2. The Kier molecular flexibility index (Phi) is 5.08. The molecule has 0 spiro atoms. The van der Waals surface area contributed by atoms with E-state index in [1.165, 1.54) is 4.90 Å². The fourth-order valence-electron chi connectivity index (χ4n) is 3.43. The highest BCUT2D eigenvalue weighted by atomic mass is 16.4. The first-order chi connectivity index (χ1) is 9.88. The third-order valence-electron chi connectivity index (χ3n) is 4.83. The van der Waals surface area contributed by atoms with Gasteiger partial charge in [0.1, 0.15) is 6.04 Å². The predicted molar refractivity (Wildman–Crippen MR) is 80.1 cm³/mol. The summed E-state index contributed by atoms with van der Waals surface area (Å²) in [4.78, 5) is 27.6. The van der Waals surface area contributed by atoms with Crippen LogP contribution in [-0.2, 0) is 4.79 Å². The van der Waals surface area contributed by atoms with Crippen molar-refractivity contribution in [3.8, 4) is 0 Å². The van der Waals surface area contributed by atoms with Crippen LogP contribution in [-0.4, -0.2) is 65.7 Å². The lowest BCUT2D eigenvalue weighted by atomic mass is 9.92. The third-order valence-corrected chi connectivity index (χ3v) is 4.83. The van der Waals surface area contributed by atoms with E-state index in [0.29, 0.717) is 24.8 Å². The standard InChI is InChI=1S/C15H27N3O3/c1-10-4-7-18(13(8-10)14(19)20)15(21)16-12-5-6-17(3)9-11(12)2/h10-13H,4-9H2,1-3H3,(H,16,21)(H,19,20). The van der Waals surface area contributed by atoms with Gasteiger partial charge in [-0.1, -0.05) is 13.8 Å². The molecule has 2 aliphatic heterocycles. The van der Waals surface area contributed by atoms with E-state index in [-0.39, 0.29) is 12.1 Å². The zero-order chi connectivity index (χ0) is 15.6. The number of carboxylic acid groups (broad SMARTS) is 1. The maximum Gasteiger partial charge on any atom is 0.326 e. The Labute approximate surface area is 126 Å². The summed E-state index contributed by atoms with van der Waals surface area (Å²) < 4.78 is 0. The molecule has 2 rings (SSSR count). The highest BCUT2D eigenvalue weighted by Gasteiger charge is 2.36. The number of urea groups is 1. The summed E-state index contributed by atoms with van der Waals surface area (Å²) in [6, 6.07) is -0.756. The number of amides is 2. The van der Waals surface area contributed by atoms with E-state index in [1.54, 1.807) is 0 Å². The van der Waals surface area contributed by atoms with Crippen LogP contribution in [0.5, 0.6) is 0 Å². The summed E-state index contributed by atoms with van der Waals surface area (Å²) >= 11 is 0. The summed E-state index contributed by atoms with van der Waals surface area (Å²) in [5.41, 5.74) is 0. The van der Waals surface area contributed by atoms with Crippen LogP contribution in [0.1, 0.15) is 33.1 Å². The molecule has 4 atom stereocenters. The largest absolute Gasteiger partial charge is 0.480 e. The van der Waals surface area contributed by atoms with Crippen molar-refractivity contribution < 1.29 is 14.7 Å². The zero-order valence-corrected chi connectivity index (χ0v) is 13.2. The van der Waals surface area contributed by atoms with Crippen LogP contribution in [0.3, 0.4) is 0 Å². The molecule has 2 heterocycles. The number of likely N-dealkylation sites (tertiary alicyclic amines) is 2. The summed E-state index contributed by atoms with van der Waals surface area (Å²) in [6.45, 7) is 6.64. The molecule has 120 valence electrons. The van der Waals surface area contributed by atoms with Gasteiger partial charge in [0.15, 0.2) is 0 Å². The van der Waals surface area contributed by atoms with Crippen molar-refractivity contribution in [1.29, 1.82) is 0 Å². The number of rotatable bonds is 2. The highest BCUT2D eigenvalue weighted by molar-refractivity contribution is 5.83. The number of piperidine rings is 2. The number of carboxylic acids is 1. The van der Waals surface area contributed by atoms with Crippen LogP contribution in [0.2, 0.25) is 0 Å². The second-order valence-corrected chi connectivity index (χ2v) is 6.76. The van der Waals surface area contributed by atoms with Crippen molar-refractivity contribution in [3.63, 3.8) is 0 Å². The fraction of sp³-hybridized carbons (Fsp3) is 0.867. The van der Waals surface area contributed by atoms with Gasteiger partial charge in [0, 0.05) is 19.1 Å². The molecule has 6 heteroatoms. The molecular formula is C15H27N3O3. The molecule has 2 saturated heterocycles. The molecule has 0 bridgehead atoms. The minimum absolute atomic E-state index is 0.141. The molecule has 6 nitrogen and oxygen atoms in total. The maximum absolute atomic E-state index is 12.5. The molecule has 0 aromatic heterocycles. The van der Waals surface area contributed by atoms with Gasteiger partial charge < -0.3 is 20.2 Å². The number of aliphatic carboxylic acids is 1. The van der Waals surface area contributed by atoms with Gasteiger partial charge in [-0.15, -0.1) is 0 Å². The van der Waals surface area contributed by atoms with E-state index >= 15 is 0 Å². The van der Waals surface area contributed by atoms with Gasteiger partial charge in [0.2, 0.25) is 0 Å². The first kappa shape index (κ1) is 16.1. The van der Waals surface area contributed by atoms with Crippen molar-refractivity contribution in [2.45, 2.75) is 45.2 Å².